The second-order valence-electron chi connectivity index (χ2n) is 7.23. The van der Waals surface area contributed by atoms with Crippen molar-refractivity contribution < 1.29 is 4.79 Å². The highest BCUT2D eigenvalue weighted by atomic mass is 35.5. The van der Waals surface area contributed by atoms with Crippen LogP contribution in [-0.4, -0.2) is 30.4 Å². The number of aryl methyl sites for hydroxylation is 2. The molecule has 2 N–H and O–H groups in total. The Bertz CT molecular complexity index is 773. The Balaban J connectivity index is 0.00000261. The molecule has 1 fully saturated rings. The molecule has 2 aromatic rings. The zero-order valence-electron chi connectivity index (χ0n) is 16.1. The Hall–Kier alpha value is -1.49. The number of carbonyl (C=O) groups excluding carboxylic acids is 1. The zero-order chi connectivity index (χ0) is 18.5. The summed E-state index contributed by atoms with van der Waals surface area (Å²) in [6.07, 6.45) is 2.04. The Kier molecular flexibility index (Phi) is 8.21. The second-order valence-corrected chi connectivity index (χ2v) is 8.25. The van der Waals surface area contributed by atoms with Gasteiger partial charge in [-0.25, -0.2) is 0 Å². The maximum atomic E-state index is 12.8. The molecule has 3 rings (SSSR count). The van der Waals surface area contributed by atoms with E-state index in [1.807, 2.05) is 34.9 Å². The standard InChI is InChI=1S/C22H28N2OS.ClH/c1-16-6-7-21(17(2)12-16)26-15-19-4-3-5-20(13-19)22(25)24-10-8-18(14-23)9-11-24;/h3-7,12-13,18H,8-11,14-15,23H2,1-2H3;1H. The highest BCUT2D eigenvalue weighted by Crippen LogP contribution is 2.27. The van der Waals surface area contributed by atoms with Crippen LogP contribution in [-0.2, 0) is 5.75 Å². The lowest BCUT2D eigenvalue weighted by Gasteiger charge is -2.31. The molecule has 2 aromatic carbocycles. The van der Waals surface area contributed by atoms with Gasteiger partial charge in [0.05, 0.1) is 0 Å². The van der Waals surface area contributed by atoms with Crippen molar-refractivity contribution >= 4 is 30.1 Å². The van der Waals surface area contributed by atoms with E-state index >= 15 is 0 Å². The number of hydrogen-bond donors (Lipinski definition) is 1. The monoisotopic (exact) mass is 404 g/mol. The minimum Gasteiger partial charge on any atom is -0.339 e. The molecule has 0 radical (unpaired) electrons. The largest absolute Gasteiger partial charge is 0.339 e. The Morgan fingerprint density at radius 1 is 1.15 bits per heavy atom. The minimum absolute atomic E-state index is 0. The fourth-order valence-electron chi connectivity index (χ4n) is 3.47. The van der Waals surface area contributed by atoms with Crippen LogP contribution in [0.25, 0.3) is 0 Å². The molecular weight excluding hydrogens is 376 g/mol. The molecule has 0 aromatic heterocycles. The third-order valence-corrected chi connectivity index (χ3v) is 6.38. The predicted molar refractivity (Wildman–Crippen MR) is 117 cm³/mol. The highest BCUT2D eigenvalue weighted by molar-refractivity contribution is 7.98. The summed E-state index contributed by atoms with van der Waals surface area (Å²) in [6, 6.07) is 14.6. The van der Waals surface area contributed by atoms with E-state index in [-0.39, 0.29) is 18.3 Å². The van der Waals surface area contributed by atoms with Crippen molar-refractivity contribution in [3.8, 4) is 0 Å². The summed E-state index contributed by atoms with van der Waals surface area (Å²) < 4.78 is 0. The number of nitrogens with two attached hydrogens (primary N) is 1. The maximum Gasteiger partial charge on any atom is 0.253 e. The maximum absolute atomic E-state index is 12.8. The van der Waals surface area contributed by atoms with Crippen molar-refractivity contribution in [2.24, 2.45) is 11.7 Å². The molecule has 1 aliphatic heterocycles. The van der Waals surface area contributed by atoms with Crippen LogP contribution in [0, 0.1) is 19.8 Å². The van der Waals surface area contributed by atoms with Crippen LogP contribution in [0.1, 0.15) is 39.9 Å². The van der Waals surface area contributed by atoms with Gasteiger partial charge in [0.15, 0.2) is 0 Å². The number of piperidine rings is 1. The van der Waals surface area contributed by atoms with Crippen LogP contribution in [0.3, 0.4) is 0 Å². The van der Waals surface area contributed by atoms with Crippen molar-refractivity contribution in [2.45, 2.75) is 37.3 Å². The fourth-order valence-corrected chi connectivity index (χ4v) is 4.42. The molecule has 0 aliphatic carbocycles. The minimum atomic E-state index is 0. The molecule has 146 valence electrons. The number of rotatable bonds is 5. The SMILES string of the molecule is Cc1ccc(SCc2cccc(C(=O)N3CCC(CN)CC3)c2)c(C)c1.Cl. The van der Waals surface area contributed by atoms with Gasteiger partial charge in [0.1, 0.15) is 0 Å². The molecule has 1 heterocycles. The lowest BCUT2D eigenvalue weighted by Crippen LogP contribution is -2.40. The van der Waals surface area contributed by atoms with Crippen LogP contribution >= 0.6 is 24.2 Å². The molecule has 27 heavy (non-hydrogen) atoms. The summed E-state index contributed by atoms with van der Waals surface area (Å²) in [5.41, 5.74) is 10.3. The van der Waals surface area contributed by atoms with Gasteiger partial charge in [-0.05, 0) is 68.5 Å². The number of likely N-dealkylation sites (tertiary alicyclic amines) is 1. The van der Waals surface area contributed by atoms with Gasteiger partial charge in [-0.15, -0.1) is 24.2 Å². The topological polar surface area (TPSA) is 46.3 Å². The first kappa shape index (κ1) is 21.8. The molecule has 0 atom stereocenters. The number of hydrogen-bond acceptors (Lipinski definition) is 3. The number of carbonyl (C=O) groups is 1. The average molecular weight is 405 g/mol. The van der Waals surface area contributed by atoms with Gasteiger partial charge in [0, 0.05) is 29.3 Å². The van der Waals surface area contributed by atoms with E-state index in [0.29, 0.717) is 5.92 Å². The normalized spacial score (nSPS) is 14.7. The molecule has 1 saturated heterocycles. The van der Waals surface area contributed by atoms with E-state index in [4.69, 9.17) is 5.73 Å². The van der Waals surface area contributed by atoms with Crippen LogP contribution in [0.15, 0.2) is 47.4 Å². The van der Waals surface area contributed by atoms with Gasteiger partial charge < -0.3 is 10.6 Å². The molecule has 0 unspecified atom stereocenters. The van der Waals surface area contributed by atoms with Crippen molar-refractivity contribution in [3.63, 3.8) is 0 Å². The summed E-state index contributed by atoms with van der Waals surface area (Å²) in [5.74, 6) is 1.60. The van der Waals surface area contributed by atoms with E-state index in [0.717, 1.165) is 43.8 Å². The third kappa shape index (κ3) is 5.74. The zero-order valence-corrected chi connectivity index (χ0v) is 17.7. The molecular formula is C22H29ClN2OS. The summed E-state index contributed by atoms with van der Waals surface area (Å²) in [7, 11) is 0. The van der Waals surface area contributed by atoms with E-state index in [1.165, 1.54) is 21.6 Å². The van der Waals surface area contributed by atoms with E-state index in [2.05, 4.69) is 38.1 Å². The summed E-state index contributed by atoms with van der Waals surface area (Å²) in [4.78, 5) is 16.1. The number of halogens is 1. The first-order valence-electron chi connectivity index (χ1n) is 9.35. The van der Waals surface area contributed by atoms with Crippen LogP contribution in [0.2, 0.25) is 0 Å². The van der Waals surface area contributed by atoms with Gasteiger partial charge in [-0.3, -0.25) is 4.79 Å². The van der Waals surface area contributed by atoms with Crippen LogP contribution < -0.4 is 5.73 Å². The van der Waals surface area contributed by atoms with Crippen molar-refractivity contribution in [2.75, 3.05) is 19.6 Å². The van der Waals surface area contributed by atoms with Crippen LogP contribution in [0.4, 0.5) is 0 Å². The number of thioether (sulfide) groups is 1. The lowest BCUT2D eigenvalue weighted by atomic mass is 9.96. The van der Waals surface area contributed by atoms with Crippen molar-refractivity contribution in [1.82, 2.24) is 4.90 Å². The Labute approximate surface area is 173 Å². The Morgan fingerprint density at radius 3 is 2.56 bits per heavy atom. The second kappa shape index (κ2) is 10.2. The molecule has 5 heteroatoms. The molecule has 3 nitrogen and oxygen atoms in total. The quantitative estimate of drug-likeness (QED) is 0.726. The van der Waals surface area contributed by atoms with E-state index < -0.39 is 0 Å². The fraction of sp³-hybridized carbons (Fsp3) is 0.409. The van der Waals surface area contributed by atoms with Gasteiger partial charge in [-0.1, -0.05) is 29.8 Å². The molecule has 0 spiro atoms. The number of benzene rings is 2. The predicted octanol–water partition coefficient (Wildman–Crippen LogP) is 4.83. The van der Waals surface area contributed by atoms with Crippen molar-refractivity contribution in [3.05, 3.63) is 64.7 Å². The first-order valence-corrected chi connectivity index (χ1v) is 10.3. The summed E-state index contributed by atoms with van der Waals surface area (Å²) in [6.45, 7) is 6.64. The molecule has 0 saturated carbocycles. The van der Waals surface area contributed by atoms with Gasteiger partial charge in [-0.2, -0.15) is 0 Å². The van der Waals surface area contributed by atoms with Crippen molar-refractivity contribution in [1.29, 1.82) is 0 Å². The number of nitrogens with zero attached hydrogens (tertiary/aromatic N) is 1. The average Bonchev–Trinajstić information content (AvgIpc) is 2.67. The Morgan fingerprint density at radius 2 is 1.89 bits per heavy atom. The number of amides is 1. The highest BCUT2D eigenvalue weighted by Gasteiger charge is 2.22. The molecule has 1 amide bonds. The molecule has 0 bridgehead atoms. The summed E-state index contributed by atoms with van der Waals surface area (Å²) in [5, 5.41) is 0. The smallest absolute Gasteiger partial charge is 0.253 e. The van der Waals surface area contributed by atoms with E-state index in [1.54, 1.807) is 0 Å². The van der Waals surface area contributed by atoms with E-state index in [9.17, 15) is 4.79 Å². The molecule has 1 aliphatic rings. The third-order valence-electron chi connectivity index (χ3n) is 5.13. The van der Waals surface area contributed by atoms with Gasteiger partial charge in [0.25, 0.3) is 5.91 Å². The van der Waals surface area contributed by atoms with Gasteiger partial charge in [0.2, 0.25) is 0 Å². The van der Waals surface area contributed by atoms with Gasteiger partial charge >= 0.3 is 0 Å². The lowest BCUT2D eigenvalue weighted by molar-refractivity contribution is 0.0693. The first-order chi connectivity index (χ1) is 12.6. The summed E-state index contributed by atoms with van der Waals surface area (Å²) >= 11 is 1.83. The van der Waals surface area contributed by atoms with Crippen LogP contribution in [0.5, 0.6) is 0 Å².